The molecule has 0 spiro atoms. The number of halogens is 1. The molecule has 0 radical (unpaired) electrons. The molecule has 3 aromatic carbocycles. The molecule has 5 heteroatoms. The summed E-state index contributed by atoms with van der Waals surface area (Å²) in [5.74, 6) is 0.766. The number of anilines is 2. The lowest BCUT2D eigenvalue weighted by molar-refractivity contribution is 0.432. The van der Waals surface area contributed by atoms with E-state index in [0.717, 1.165) is 22.5 Å². The van der Waals surface area contributed by atoms with Crippen molar-refractivity contribution in [1.82, 2.24) is 10.1 Å². The SMILES string of the molecule is Fc1ccc(Nc2ccc(-c3nc(-c4ccccc4)no3)cc2)cc1. The Kier molecular flexibility index (Phi) is 3.96. The zero-order valence-electron chi connectivity index (χ0n) is 13.2. The molecule has 1 heterocycles. The predicted molar refractivity (Wildman–Crippen MR) is 94.9 cm³/mol. The monoisotopic (exact) mass is 331 g/mol. The second kappa shape index (κ2) is 6.57. The van der Waals surface area contributed by atoms with Gasteiger partial charge >= 0.3 is 0 Å². The first-order valence-electron chi connectivity index (χ1n) is 7.80. The summed E-state index contributed by atoms with van der Waals surface area (Å²) in [6.07, 6.45) is 0. The van der Waals surface area contributed by atoms with Gasteiger partial charge in [-0.3, -0.25) is 0 Å². The highest BCUT2D eigenvalue weighted by atomic mass is 19.1. The Hall–Kier alpha value is -3.47. The largest absolute Gasteiger partial charge is 0.356 e. The second-order valence-corrected chi connectivity index (χ2v) is 5.50. The van der Waals surface area contributed by atoms with Crippen LogP contribution in [0.25, 0.3) is 22.8 Å². The van der Waals surface area contributed by atoms with Crippen LogP contribution in [0.2, 0.25) is 0 Å². The number of benzene rings is 3. The van der Waals surface area contributed by atoms with Crippen LogP contribution in [-0.2, 0) is 0 Å². The summed E-state index contributed by atoms with van der Waals surface area (Å²) in [4.78, 5) is 4.43. The summed E-state index contributed by atoms with van der Waals surface area (Å²) in [7, 11) is 0. The smallest absolute Gasteiger partial charge is 0.258 e. The van der Waals surface area contributed by atoms with Gasteiger partial charge < -0.3 is 9.84 Å². The molecule has 0 amide bonds. The van der Waals surface area contributed by atoms with Crippen molar-refractivity contribution in [2.75, 3.05) is 5.32 Å². The molecule has 0 aliphatic heterocycles. The lowest BCUT2D eigenvalue weighted by Crippen LogP contribution is -1.90. The summed E-state index contributed by atoms with van der Waals surface area (Å²) in [6.45, 7) is 0. The van der Waals surface area contributed by atoms with Crippen molar-refractivity contribution in [3.63, 3.8) is 0 Å². The molecule has 0 aliphatic carbocycles. The number of nitrogens with one attached hydrogen (secondary N) is 1. The molecule has 0 bridgehead atoms. The lowest BCUT2D eigenvalue weighted by Gasteiger charge is -2.06. The summed E-state index contributed by atoms with van der Waals surface area (Å²) in [5, 5.41) is 7.23. The summed E-state index contributed by atoms with van der Waals surface area (Å²) >= 11 is 0. The maximum atomic E-state index is 12.9. The van der Waals surface area contributed by atoms with Crippen LogP contribution in [0.15, 0.2) is 83.4 Å². The highest BCUT2D eigenvalue weighted by Gasteiger charge is 2.10. The topological polar surface area (TPSA) is 51.0 Å². The van der Waals surface area contributed by atoms with E-state index in [-0.39, 0.29) is 5.82 Å². The van der Waals surface area contributed by atoms with Crippen molar-refractivity contribution < 1.29 is 8.91 Å². The first-order chi connectivity index (χ1) is 12.3. The van der Waals surface area contributed by atoms with Crippen LogP contribution < -0.4 is 5.32 Å². The minimum absolute atomic E-state index is 0.258. The third-order valence-electron chi connectivity index (χ3n) is 3.72. The van der Waals surface area contributed by atoms with E-state index < -0.39 is 0 Å². The number of aromatic nitrogens is 2. The Morgan fingerprint density at radius 3 is 2.04 bits per heavy atom. The molecule has 0 fully saturated rings. The van der Waals surface area contributed by atoms with Crippen molar-refractivity contribution >= 4 is 11.4 Å². The fraction of sp³-hybridized carbons (Fsp3) is 0. The Balaban J connectivity index is 1.52. The van der Waals surface area contributed by atoms with Gasteiger partial charge in [0, 0.05) is 22.5 Å². The first-order valence-corrected chi connectivity index (χ1v) is 7.80. The summed E-state index contributed by atoms with van der Waals surface area (Å²) in [6, 6.07) is 23.5. The molecule has 122 valence electrons. The Morgan fingerprint density at radius 1 is 0.720 bits per heavy atom. The van der Waals surface area contributed by atoms with Gasteiger partial charge in [0.15, 0.2) is 0 Å². The van der Waals surface area contributed by atoms with Gasteiger partial charge in [-0.15, -0.1) is 0 Å². The molecule has 0 unspecified atom stereocenters. The van der Waals surface area contributed by atoms with Gasteiger partial charge in [-0.25, -0.2) is 4.39 Å². The molecular formula is C20H14FN3O. The highest BCUT2D eigenvalue weighted by Crippen LogP contribution is 2.24. The summed E-state index contributed by atoms with van der Waals surface area (Å²) in [5.41, 5.74) is 3.45. The molecule has 4 rings (SSSR count). The zero-order chi connectivity index (χ0) is 17.1. The number of nitrogens with zero attached hydrogens (tertiary/aromatic N) is 2. The van der Waals surface area contributed by atoms with Crippen LogP contribution in [0, 0.1) is 5.82 Å². The van der Waals surface area contributed by atoms with E-state index in [2.05, 4.69) is 15.5 Å². The normalized spacial score (nSPS) is 10.6. The molecule has 4 aromatic rings. The second-order valence-electron chi connectivity index (χ2n) is 5.50. The van der Waals surface area contributed by atoms with Gasteiger partial charge in [0.1, 0.15) is 5.82 Å². The fourth-order valence-corrected chi connectivity index (χ4v) is 2.44. The van der Waals surface area contributed by atoms with E-state index in [1.54, 1.807) is 12.1 Å². The van der Waals surface area contributed by atoms with Crippen LogP contribution in [0.4, 0.5) is 15.8 Å². The molecular weight excluding hydrogens is 317 g/mol. The van der Waals surface area contributed by atoms with Crippen molar-refractivity contribution in [3.05, 3.63) is 84.7 Å². The van der Waals surface area contributed by atoms with E-state index in [0.29, 0.717) is 11.7 Å². The molecule has 25 heavy (non-hydrogen) atoms. The quantitative estimate of drug-likeness (QED) is 0.552. The van der Waals surface area contributed by atoms with E-state index in [4.69, 9.17) is 4.52 Å². The highest BCUT2D eigenvalue weighted by molar-refractivity contribution is 5.65. The zero-order valence-corrected chi connectivity index (χ0v) is 13.2. The van der Waals surface area contributed by atoms with Gasteiger partial charge in [0.05, 0.1) is 0 Å². The van der Waals surface area contributed by atoms with Crippen LogP contribution in [0.3, 0.4) is 0 Å². The minimum Gasteiger partial charge on any atom is -0.356 e. The third kappa shape index (κ3) is 3.40. The molecule has 0 aliphatic rings. The minimum atomic E-state index is -0.258. The van der Waals surface area contributed by atoms with Gasteiger partial charge in [-0.05, 0) is 48.5 Å². The predicted octanol–water partition coefficient (Wildman–Crippen LogP) is 5.29. The fourth-order valence-electron chi connectivity index (χ4n) is 2.44. The van der Waals surface area contributed by atoms with Gasteiger partial charge in [-0.2, -0.15) is 4.98 Å². The maximum absolute atomic E-state index is 12.9. The van der Waals surface area contributed by atoms with Crippen molar-refractivity contribution in [3.8, 4) is 22.8 Å². The van der Waals surface area contributed by atoms with Crippen LogP contribution >= 0.6 is 0 Å². The standard InChI is InChI=1S/C20H14FN3O/c21-16-8-12-18(13-9-16)22-17-10-6-15(7-11-17)20-23-19(24-25-20)14-4-2-1-3-5-14/h1-13,22H. The molecule has 4 nitrogen and oxygen atoms in total. The first kappa shape index (κ1) is 15.1. The molecule has 1 aromatic heterocycles. The van der Waals surface area contributed by atoms with Crippen LogP contribution in [0.1, 0.15) is 0 Å². The van der Waals surface area contributed by atoms with Crippen molar-refractivity contribution in [2.45, 2.75) is 0 Å². The van der Waals surface area contributed by atoms with E-state index >= 15 is 0 Å². The Labute approximate surface area is 144 Å². The Bertz CT molecular complexity index is 964. The van der Waals surface area contributed by atoms with E-state index in [1.807, 2.05) is 54.6 Å². The van der Waals surface area contributed by atoms with Crippen LogP contribution in [-0.4, -0.2) is 10.1 Å². The van der Waals surface area contributed by atoms with Crippen molar-refractivity contribution in [1.29, 1.82) is 0 Å². The van der Waals surface area contributed by atoms with Gasteiger partial charge in [0.25, 0.3) is 5.89 Å². The average Bonchev–Trinajstić information content (AvgIpc) is 3.15. The van der Waals surface area contributed by atoms with E-state index in [1.165, 1.54) is 12.1 Å². The van der Waals surface area contributed by atoms with E-state index in [9.17, 15) is 4.39 Å². The molecule has 0 saturated heterocycles. The number of hydrogen-bond acceptors (Lipinski definition) is 4. The number of rotatable bonds is 4. The maximum Gasteiger partial charge on any atom is 0.258 e. The lowest BCUT2D eigenvalue weighted by atomic mass is 10.2. The number of hydrogen-bond donors (Lipinski definition) is 1. The van der Waals surface area contributed by atoms with Gasteiger partial charge in [-0.1, -0.05) is 35.5 Å². The molecule has 0 atom stereocenters. The van der Waals surface area contributed by atoms with Gasteiger partial charge in [0.2, 0.25) is 5.82 Å². The molecule has 1 N–H and O–H groups in total. The van der Waals surface area contributed by atoms with Crippen LogP contribution in [0.5, 0.6) is 0 Å². The average molecular weight is 331 g/mol. The third-order valence-corrected chi connectivity index (χ3v) is 3.72. The molecule has 0 saturated carbocycles. The Morgan fingerprint density at radius 2 is 1.36 bits per heavy atom. The van der Waals surface area contributed by atoms with Crippen molar-refractivity contribution in [2.24, 2.45) is 0 Å². The summed E-state index contributed by atoms with van der Waals surface area (Å²) < 4.78 is 18.3.